The van der Waals surface area contributed by atoms with Gasteiger partial charge in [0.2, 0.25) is 0 Å². The van der Waals surface area contributed by atoms with Gasteiger partial charge >= 0.3 is 6.03 Å². The number of carbonyl (C=O) groups excluding carboxylic acids is 1. The van der Waals surface area contributed by atoms with Gasteiger partial charge in [-0.1, -0.05) is 18.7 Å². The van der Waals surface area contributed by atoms with Gasteiger partial charge in [0.1, 0.15) is 11.6 Å². The van der Waals surface area contributed by atoms with E-state index in [1.54, 1.807) is 19.1 Å². The van der Waals surface area contributed by atoms with Crippen LogP contribution in [0.5, 0.6) is 0 Å². The van der Waals surface area contributed by atoms with Crippen LogP contribution in [0.2, 0.25) is 0 Å². The maximum absolute atomic E-state index is 12.9. The summed E-state index contributed by atoms with van der Waals surface area (Å²) in [5.41, 5.74) is 1.69. The van der Waals surface area contributed by atoms with Crippen LogP contribution in [0.3, 0.4) is 0 Å². The summed E-state index contributed by atoms with van der Waals surface area (Å²) in [4.78, 5) is 11.5. The van der Waals surface area contributed by atoms with Gasteiger partial charge in [-0.15, -0.1) is 0 Å². The van der Waals surface area contributed by atoms with Gasteiger partial charge in [-0.3, -0.25) is 0 Å². The van der Waals surface area contributed by atoms with E-state index in [1.807, 2.05) is 0 Å². The number of hydrogen-bond acceptors (Lipinski definition) is 2. The van der Waals surface area contributed by atoms with Crippen molar-refractivity contribution in [3.63, 3.8) is 0 Å². The molecule has 1 aliphatic rings. The fraction of sp³-hybridized carbons (Fsp3) is 0.154. The molecule has 0 saturated carbocycles. The molecule has 0 radical (unpaired) electrons. The Kier molecular flexibility index (Phi) is 3.06. The van der Waals surface area contributed by atoms with Crippen molar-refractivity contribution >= 4 is 6.03 Å². The van der Waals surface area contributed by atoms with Crippen molar-refractivity contribution in [3.8, 4) is 0 Å². The SMILES string of the molecule is C=C(O)C1=C(C)NC(=O)NC1c1ccc(F)cc1. The monoisotopic (exact) mass is 248 g/mol. The Hall–Kier alpha value is -2.30. The summed E-state index contributed by atoms with van der Waals surface area (Å²) in [6.45, 7) is 5.15. The van der Waals surface area contributed by atoms with Gasteiger partial charge in [0, 0.05) is 11.3 Å². The van der Waals surface area contributed by atoms with Crippen molar-refractivity contribution in [2.24, 2.45) is 0 Å². The van der Waals surface area contributed by atoms with Gasteiger partial charge in [0.05, 0.1) is 6.04 Å². The van der Waals surface area contributed by atoms with Gasteiger partial charge in [-0.2, -0.15) is 0 Å². The third-order valence-electron chi connectivity index (χ3n) is 2.78. The third-order valence-corrected chi connectivity index (χ3v) is 2.78. The standard InChI is InChI=1S/C13H13FN2O2/c1-7-11(8(2)17)12(16-13(18)15-7)9-3-5-10(14)6-4-9/h3-6,12,17H,2H2,1H3,(H2,15,16,18). The van der Waals surface area contributed by atoms with E-state index in [2.05, 4.69) is 17.2 Å². The number of rotatable bonds is 2. The van der Waals surface area contributed by atoms with Gasteiger partial charge in [-0.05, 0) is 24.6 Å². The van der Waals surface area contributed by atoms with E-state index >= 15 is 0 Å². The van der Waals surface area contributed by atoms with Crippen LogP contribution in [0.1, 0.15) is 18.5 Å². The molecular weight excluding hydrogens is 235 g/mol. The molecular formula is C13H13FN2O2. The van der Waals surface area contributed by atoms with Crippen LogP contribution in [-0.2, 0) is 0 Å². The van der Waals surface area contributed by atoms with Crippen molar-refractivity contribution in [1.29, 1.82) is 0 Å². The molecule has 2 amide bonds. The molecule has 0 spiro atoms. The summed E-state index contributed by atoms with van der Waals surface area (Å²) in [5.74, 6) is -0.488. The second kappa shape index (κ2) is 4.52. The summed E-state index contributed by atoms with van der Waals surface area (Å²) < 4.78 is 12.9. The van der Waals surface area contributed by atoms with Crippen LogP contribution in [0.15, 0.2) is 47.9 Å². The molecule has 1 heterocycles. The Labute approximate surface area is 104 Å². The van der Waals surface area contributed by atoms with Crippen LogP contribution in [-0.4, -0.2) is 11.1 Å². The minimum atomic E-state index is -0.531. The average Bonchev–Trinajstić information content (AvgIpc) is 2.28. The van der Waals surface area contributed by atoms with E-state index in [-0.39, 0.29) is 17.6 Å². The number of aliphatic hydroxyl groups excluding tert-OH is 1. The highest BCUT2D eigenvalue weighted by Gasteiger charge is 2.27. The first-order valence-corrected chi connectivity index (χ1v) is 5.41. The fourth-order valence-electron chi connectivity index (χ4n) is 1.98. The van der Waals surface area contributed by atoms with E-state index in [0.29, 0.717) is 16.8 Å². The molecule has 0 saturated heterocycles. The first-order chi connectivity index (χ1) is 8.49. The van der Waals surface area contributed by atoms with E-state index in [4.69, 9.17) is 0 Å². The molecule has 0 fully saturated rings. The quantitative estimate of drug-likeness (QED) is 0.704. The fourth-order valence-corrected chi connectivity index (χ4v) is 1.98. The number of benzene rings is 1. The molecule has 5 heteroatoms. The smallest absolute Gasteiger partial charge is 0.319 e. The molecule has 1 aromatic carbocycles. The van der Waals surface area contributed by atoms with Gasteiger partial charge in [0.15, 0.2) is 0 Å². The van der Waals surface area contributed by atoms with Crippen LogP contribution in [0.25, 0.3) is 0 Å². The summed E-state index contributed by atoms with van der Waals surface area (Å²) in [5, 5.41) is 14.8. The van der Waals surface area contributed by atoms with Crippen LogP contribution >= 0.6 is 0 Å². The molecule has 0 bridgehead atoms. The molecule has 1 aliphatic heterocycles. The second-order valence-electron chi connectivity index (χ2n) is 4.07. The average molecular weight is 248 g/mol. The lowest BCUT2D eigenvalue weighted by atomic mass is 9.94. The Bertz CT molecular complexity index is 534. The lowest BCUT2D eigenvalue weighted by molar-refractivity contribution is 0.237. The van der Waals surface area contributed by atoms with Crippen molar-refractivity contribution in [1.82, 2.24) is 10.6 Å². The molecule has 2 rings (SSSR count). The molecule has 4 nitrogen and oxygen atoms in total. The highest BCUT2D eigenvalue weighted by molar-refractivity contribution is 5.79. The van der Waals surface area contributed by atoms with Crippen LogP contribution < -0.4 is 10.6 Å². The van der Waals surface area contributed by atoms with Gasteiger partial charge in [-0.25, -0.2) is 9.18 Å². The van der Waals surface area contributed by atoms with Crippen LogP contribution in [0.4, 0.5) is 9.18 Å². The predicted octanol–water partition coefficient (Wildman–Crippen LogP) is 2.53. The van der Waals surface area contributed by atoms with E-state index in [9.17, 15) is 14.3 Å². The van der Waals surface area contributed by atoms with Crippen LogP contribution in [0, 0.1) is 5.82 Å². The van der Waals surface area contributed by atoms with E-state index in [1.165, 1.54) is 12.1 Å². The number of carbonyl (C=O) groups is 1. The first kappa shape index (κ1) is 12.2. The maximum Gasteiger partial charge on any atom is 0.319 e. The Morgan fingerprint density at radius 3 is 2.56 bits per heavy atom. The number of halogens is 1. The highest BCUT2D eigenvalue weighted by atomic mass is 19.1. The lowest BCUT2D eigenvalue weighted by Crippen LogP contribution is -2.43. The largest absolute Gasteiger partial charge is 0.508 e. The Balaban J connectivity index is 2.46. The summed E-state index contributed by atoms with van der Waals surface area (Å²) in [7, 11) is 0. The topological polar surface area (TPSA) is 61.4 Å². The normalized spacial score (nSPS) is 19.2. The van der Waals surface area contributed by atoms with Crippen molar-refractivity contribution in [2.75, 3.05) is 0 Å². The predicted molar refractivity (Wildman–Crippen MR) is 65.3 cm³/mol. The van der Waals surface area contributed by atoms with Crippen molar-refractivity contribution in [3.05, 3.63) is 59.3 Å². The van der Waals surface area contributed by atoms with Crippen molar-refractivity contribution in [2.45, 2.75) is 13.0 Å². The minimum Gasteiger partial charge on any atom is -0.508 e. The zero-order chi connectivity index (χ0) is 13.3. The molecule has 0 aliphatic carbocycles. The number of urea groups is 1. The number of amides is 2. The molecule has 0 aromatic heterocycles. The molecule has 1 unspecified atom stereocenters. The number of aliphatic hydroxyl groups is 1. The maximum atomic E-state index is 12.9. The highest BCUT2D eigenvalue weighted by Crippen LogP contribution is 2.29. The Morgan fingerprint density at radius 1 is 1.39 bits per heavy atom. The van der Waals surface area contributed by atoms with Gasteiger partial charge in [0.25, 0.3) is 0 Å². The number of nitrogens with one attached hydrogen (secondary N) is 2. The second-order valence-corrected chi connectivity index (χ2v) is 4.07. The van der Waals surface area contributed by atoms with E-state index in [0.717, 1.165) is 0 Å². The van der Waals surface area contributed by atoms with Crippen molar-refractivity contribution < 1.29 is 14.3 Å². The lowest BCUT2D eigenvalue weighted by Gasteiger charge is -2.28. The zero-order valence-corrected chi connectivity index (χ0v) is 9.83. The summed E-state index contributed by atoms with van der Waals surface area (Å²) >= 11 is 0. The minimum absolute atomic E-state index is 0.130. The summed E-state index contributed by atoms with van der Waals surface area (Å²) in [6, 6.07) is 4.82. The number of hydrogen-bond donors (Lipinski definition) is 3. The van der Waals surface area contributed by atoms with E-state index < -0.39 is 6.04 Å². The molecule has 1 aromatic rings. The molecule has 94 valence electrons. The molecule has 3 N–H and O–H groups in total. The summed E-state index contributed by atoms with van der Waals surface area (Å²) in [6.07, 6.45) is 0. The Morgan fingerprint density at radius 2 is 2.00 bits per heavy atom. The number of allylic oxidation sites excluding steroid dienone is 1. The third kappa shape index (κ3) is 2.20. The first-order valence-electron chi connectivity index (χ1n) is 5.41. The van der Waals surface area contributed by atoms with Gasteiger partial charge < -0.3 is 15.7 Å². The molecule has 18 heavy (non-hydrogen) atoms. The zero-order valence-electron chi connectivity index (χ0n) is 9.83. The molecule has 1 atom stereocenters.